The first-order valence-electron chi connectivity index (χ1n) is 11.7. The molecule has 0 unspecified atom stereocenters. The summed E-state index contributed by atoms with van der Waals surface area (Å²) in [6.07, 6.45) is 1.51. The van der Waals surface area contributed by atoms with E-state index >= 15 is 0 Å². The molecule has 0 spiro atoms. The molecule has 0 saturated carbocycles. The first kappa shape index (κ1) is 26.1. The second-order valence-corrected chi connectivity index (χ2v) is 8.57. The number of rotatable bonds is 10. The molecule has 10 heteroatoms. The van der Waals surface area contributed by atoms with E-state index in [9.17, 15) is 20.1 Å². The Morgan fingerprint density at radius 2 is 1.63 bits per heavy atom. The zero-order valence-electron chi connectivity index (χ0n) is 21.0. The number of carbonyl (C=O) groups excluding carboxylic acids is 1. The average Bonchev–Trinajstić information content (AvgIpc) is 2.86. The second-order valence-electron chi connectivity index (χ2n) is 8.57. The van der Waals surface area contributed by atoms with Crippen molar-refractivity contribution in [2.75, 3.05) is 53.4 Å². The Bertz CT molecular complexity index is 1260. The highest BCUT2D eigenvalue weighted by Gasteiger charge is 2.22. The molecular weight excluding hydrogens is 448 g/mol. The van der Waals surface area contributed by atoms with Gasteiger partial charge in [-0.1, -0.05) is 13.8 Å². The van der Waals surface area contributed by atoms with Gasteiger partial charge in [-0.3, -0.25) is 9.79 Å². The van der Waals surface area contributed by atoms with E-state index in [4.69, 9.17) is 0 Å². The van der Waals surface area contributed by atoms with Crippen LogP contribution in [0.25, 0.3) is 22.1 Å². The Kier molecular flexibility index (Phi) is 8.42. The van der Waals surface area contributed by atoms with E-state index in [1.807, 2.05) is 21.0 Å². The highest BCUT2D eigenvalue weighted by Crippen LogP contribution is 2.38. The van der Waals surface area contributed by atoms with Crippen LogP contribution in [0.1, 0.15) is 35.3 Å². The molecule has 35 heavy (non-hydrogen) atoms. The van der Waals surface area contributed by atoms with Crippen molar-refractivity contribution in [3.8, 4) is 17.2 Å². The van der Waals surface area contributed by atoms with Gasteiger partial charge in [-0.15, -0.1) is 0 Å². The number of aromatic hydroxyl groups is 3. The number of carbonyl (C=O) groups is 1. The van der Waals surface area contributed by atoms with Crippen molar-refractivity contribution >= 4 is 34.2 Å². The Morgan fingerprint density at radius 1 is 0.971 bits per heavy atom. The maximum atomic E-state index is 12.9. The number of nitrogens with zero attached hydrogens (tertiary/aromatic N) is 5. The van der Waals surface area contributed by atoms with Crippen molar-refractivity contribution in [1.29, 1.82) is 0 Å². The summed E-state index contributed by atoms with van der Waals surface area (Å²) < 4.78 is 0. The SMILES string of the molecule is CCN(C)CCN=Cc1c(O)c(C)c(O)c2nc3c(C(=O)NCCN(C)CC)ccc(O)c3nc12. The lowest BCUT2D eigenvalue weighted by molar-refractivity contribution is 0.0951. The van der Waals surface area contributed by atoms with Crippen LogP contribution in [-0.2, 0) is 0 Å². The highest BCUT2D eigenvalue weighted by molar-refractivity contribution is 6.10. The van der Waals surface area contributed by atoms with Gasteiger partial charge in [-0.2, -0.15) is 0 Å². The number of likely N-dealkylation sites (N-methyl/N-ethyl adjacent to an activating group) is 2. The molecule has 10 nitrogen and oxygen atoms in total. The minimum atomic E-state index is -0.357. The molecule has 4 N–H and O–H groups in total. The summed E-state index contributed by atoms with van der Waals surface area (Å²) in [6.45, 7) is 9.79. The molecule has 0 aliphatic carbocycles. The number of hydrogen-bond acceptors (Lipinski definition) is 9. The van der Waals surface area contributed by atoms with Crippen LogP contribution in [0.3, 0.4) is 0 Å². The predicted molar refractivity (Wildman–Crippen MR) is 138 cm³/mol. The third kappa shape index (κ3) is 5.60. The molecule has 0 aliphatic rings. The van der Waals surface area contributed by atoms with Gasteiger partial charge in [0.2, 0.25) is 0 Å². The van der Waals surface area contributed by atoms with Crippen LogP contribution in [0.5, 0.6) is 17.2 Å². The van der Waals surface area contributed by atoms with Gasteiger partial charge in [0, 0.05) is 31.4 Å². The first-order chi connectivity index (χ1) is 16.7. The number of aliphatic imine (C=N–C) groups is 1. The van der Waals surface area contributed by atoms with E-state index in [1.165, 1.54) is 18.3 Å². The quantitative estimate of drug-likeness (QED) is 0.255. The summed E-state index contributed by atoms with van der Waals surface area (Å²) in [4.78, 5) is 30.5. The van der Waals surface area contributed by atoms with Gasteiger partial charge in [-0.05, 0) is 46.2 Å². The molecule has 1 heterocycles. The normalized spacial score (nSPS) is 12.0. The van der Waals surface area contributed by atoms with Crippen LogP contribution in [0.4, 0.5) is 0 Å². The molecule has 0 bridgehead atoms. The topological polar surface area (TPSA) is 134 Å². The van der Waals surface area contributed by atoms with E-state index in [1.54, 1.807) is 6.92 Å². The lowest BCUT2D eigenvalue weighted by atomic mass is 10.0. The molecule has 0 saturated heterocycles. The molecule has 2 aromatic carbocycles. The van der Waals surface area contributed by atoms with E-state index < -0.39 is 0 Å². The smallest absolute Gasteiger partial charge is 0.253 e. The summed E-state index contributed by atoms with van der Waals surface area (Å²) in [6, 6.07) is 2.87. The number of hydrogen-bond donors (Lipinski definition) is 4. The van der Waals surface area contributed by atoms with Gasteiger partial charge >= 0.3 is 0 Å². The molecule has 3 aromatic rings. The maximum absolute atomic E-state index is 12.9. The molecule has 0 fully saturated rings. The van der Waals surface area contributed by atoms with Gasteiger partial charge in [-0.25, -0.2) is 9.97 Å². The minimum Gasteiger partial charge on any atom is -0.507 e. The van der Waals surface area contributed by atoms with Crippen molar-refractivity contribution in [3.63, 3.8) is 0 Å². The van der Waals surface area contributed by atoms with Crippen LogP contribution in [-0.4, -0.2) is 101 Å². The largest absolute Gasteiger partial charge is 0.507 e. The van der Waals surface area contributed by atoms with Crippen molar-refractivity contribution in [2.24, 2.45) is 4.99 Å². The Labute approximate surface area is 204 Å². The van der Waals surface area contributed by atoms with Crippen molar-refractivity contribution in [3.05, 3.63) is 28.8 Å². The van der Waals surface area contributed by atoms with E-state index in [2.05, 4.69) is 37.0 Å². The van der Waals surface area contributed by atoms with Crippen LogP contribution >= 0.6 is 0 Å². The summed E-state index contributed by atoms with van der Waals surface area (Å²) in [7, 11) is 3.95. The van der Waals surface area contributed by atoms with E-state index in [0.717, 1.165) is 19.6 Å². The zero-order valence-corrected chi connectivity index (χ0v) is 21.0. The standard InChI is InChI=1S/C25H34N6O4/c1-6-30(4)12-10-26-14-17-20-22(24(34)15(3)23(17)33)29-19-16(8-9-18(32)21(19)28-20)25(35)27-11-13-31(5)7-2/h8-9,14,32-34H,6-7,10-13H2,1-5H3,(H,27,35). The molecule has 1 aromatic heterocycles. The Balaban J connectivity index is 2.09. The van der Waals surface area contributed by atoms with Gasteiger partial charge < -0.3 is 30.4 Å². The monoisotopic (exact) mass is 482 g/mol. The van der Waals surface area contributed by atoms with Crippen LogP contribution in [0, 0.1) is 6.92 Å². The van der Waals surface area contributed by atoms with Crippen LogP contribution in [0.2, 0.25) is 0 Å². The van der Waals surface area contributed by atoms with Crippen molar-refractivity contribution < 1.29 is 20.1 Å². The summed E-state index contributed by atoms with van der Waals surface area (Å²) in [5, 5.41) is 34.8. The number of benzene rings is 2. The lowest BCUT2D eigenvalue weighted by Crippen LogP contribution is -2.33. The number of nitrogens with one attached hydrogen (secondary N) is 1. The fourth-order valence-electron chi connectivity index (χ4n) is 3.54. The van der Waals surface area contributed by atoms with Crippen molar-refractivity contribution in [1.82, 2.24) is 25.1 Å². The van der Waals surface area contributed by atoms with Gasteiger partial charge in [0.05, 0.1) is 17.7 Å². The lowest BCUT2D eigenvalue weighted by Gasteiger charge is -2.15. The van der Waals surface area contributed by atoms with E-state index in [0.29, 0.717) is 25.2 Å². The molecule has 1 amide bonds. The number of phenolic OH excluding ortho intramolecular Hbond substituents is 3. The van der Waals surface area contributed by atoms with Gasteiger partial charge in [0.15, 0.2) is 0 Å². The van der Waals surface area contributed by atoms with Gasteiger partial charge in [0.1, 0.15) is 39.3 Å². The molecule has 0 atom stereocenters. The zero-order chi connectivity index (χ0) is 25.7. The predicted octanol–water partition coefficient (Wildman–Crippen LogP) is 2.26. The maximum Gasteiger partial charge on any atom is 0.253 e. The molecular formula is C25H34N6O4. The van der Waals surface area contributed by atoms with E-state index in [-0.39, 0.29) is 56.3 Å². The summed E-state index contributed by atoms with van der Waals surface area (Å²) in [5.74, 6) is -0.924. The highest BCUT2D eigenvalue weighted by atomic mass is 16.3. The van der Waals surface area contributed by atoms with Gasteiger partial charge in [0.25, 0.3) is 5.91 Å². The summed E-state index contributed by atoms with van der Waals surface area (Å²) in [5.41, 5.74) is 1.31. The molecule has 0 aliphatic heterocycles. The fourth-order valence-corrected chi connectivity index (χ4v) is 3.54. The third-order valence-corrected chi connectivity index (χ3v) is 6.18. The molecule has 3 rings (SSSR count). The number of fused-ring (bicyclic) bond motifs is 2. The second kappa shape index (κ2) is 11.3. The molecule has 0 radical (unpaired) electrons. The molecule has 188 valence electrons. The number of aromatic nitrogens is 2. The number of phenols is 3. The third-order valence-electron chi connectivity index (χ3n) is 6.18. The number of amides is 1. The minimum absolute atomic E-state index is 0.0962. The summed E-state index contributed by atoms with van der Waals surface area (Å²) >= 11 is 0. The van der Waals surface area contributed by atoms with Crippen molar-refractivity contribution in [2.45, 2.75) is 20.8 Å². The average molecular weight is 483 g/mol. The van der Waals surface area contributed by atoms with Crippen LogP contribution < -0.4 is 5.32 Å². The first-order valence-corrected chi connectivity index (χ1v) is 11.7. The van der Waals surface area contributed by atoms with Crippen LogP contribution in [0.15, 0.2) is 17.1 Å². The fraction of sp³-hybridized carbons (Fsp3) is 0.440. The Hall–Kier alpha value is -3.50. The Morgan fingerprint density at radius 3 is 2.31 bits per heavy atom.